The number of fused-ring (bicyclic) bond motifs is 1. The highest BCUT2D eigenvalue weighted by Gasteiger charge is 2.14. The van der Waals surface area contributed by atoms with Gasteiger partial charge in [0.15, 0.2) is 5.76 Å². The summed E-state index contributed by atoms with van der Waals surface area (Å²) in [6, 6.07) is 17.8. The SMILES string of the molecule is CC(=O)Nc1cccc(CNCc2cn(C)nc2-c2cc3ccccc3o2)c1. The molecule has 6 nitrogen and oxygen atoms in total. The van der Waals surface area contributed by atoms with Crippen LogP contribution in [0.15, 0.2) is 65.2 Å². The summed E-state index contributed by atoms with van der Waals surface area (Å²) in [6.07, 6.45) is 2.00. The molecule has 2 aromatic heterocycles. The molecular weight excluding hydrogens is 352 g/mol. The quantitative estimate of drug-likeness (QED) is 0.533. The van der Waals surface area contributed by atoms with Crippen LogP contribution in [0.25, 0.3) is 22.4 Å². The van der Waals surface area contributed by atoms with Gasteiger partial charge in [-0.15, -0.1) is 0 Å². The number of carbonyl (C=O) groups is 1. The van der Waals surface area contributed by atoms with Gasteiger partial charge < -0.3 is 15.1 Å². The van der Waals surface area contributed by atoms with Gasteiger partial charge in [-0.1, -0.05) is 30.3 Å². The van der Waals surface area contributed by atoms with Crippen molar-refractivity contribution in [3.63, 3.8) is 0 Å². The van der Waals surface area contributed by atoms with Crippen molar-refractivity contribution in [1.29, 1.82) is 0 Å². The zero-order chi connectivity index (χ0) is 19.5. The molecule has 0 aliphatic rings. The third-order valence-corrected chi connectivity index (χ3v) is 4.46. The molecule has 0 spiro atoms. The van der Waals surface area contributed by atoms with E-state index in [1.807, 2.05) is 67.8 Å². The molecule has 0 fully saturated rings. The van der Waals surface area contributed by atoms with Gasteiger partial charge in [0, 0.05) is 49.9 Å². The molecule has 0 saturated heterocycles. The number of benzene rings is 2. The smallest absolute Gasteiger partial charge is 0.221 e. The standard InChI is InChI=1S/C22H22N4O2/c1-15(27)24-19-8-5-6-16(10-19)12-23-13-18-14-26(2)25-22(18)21-11-17-7-3-4-9-20(17)28-21/h3-11,14,23H,12-13H2,1-2H3,(H,24,27). The Hall–Kier alpha value is -3.38. The summed E-state index contributed by atoms with van der Waals surface area (Å²) in [5.41, 5.74) is 4.67. The largest absolute Gasteiger partial charge is 0.454 e. The number of hydrogen-bond acceptors (Lipinski definition) is 4. The van der Waals surface area contributed by atoms with E-state index in [1.165, 1.54) is 6.92 Å². The second-order valence-electron chi connectivity index (χ2n) is 6.81. The first kappa shape index (κ1) is 18.0. The van der Waals surface area contributed by atoms with Gasteiger partial charge in [0.2, 0.25) is 5.91 Å². The third-order valence-electron chi connectivity index (χ3n) is 4.46. The van der Waals surface area contributed by atoms with Crippen molar-refractivity contribution < 1.29 is 9.21 Å². The summed E-state index contributed by atoms with van der Waals surface area (Å²) in [5, 5.41) is 11.9. The van der Waals surface area contributed by atoms with Crippen LogP contribution in [0.3, 0.4) is 0 Å². The highest BCUT2D eigenvalue weighted by molar-refractivity contribution is 5.88. The van der Waals surface area contributed by atoms with E-state index in [4.69, 9.17) is 4.42 Å². The maximum Gasteiger partial charge on any atom is 0.221 e. The van der Waals surface area contributed by atoms with Crippen LogP contribution in [-0.4, -0.2) is 15.7 Å². The van der Waals surface area contributed by atoms with Crippen LogP contribution in [0.5, 0.6) is 0 Å². The minimum atomic E-state index is -0.0732. The number of nitrogens with zero attached hydrogens (tertiary/aromatic N) is 2. The number of amides is 1. The van der Waals surface area contributed by atoms with Gasteiger partial charge in [0.05, 0.1) is 0 Å². The minimum Gasteiger partial charge on any atom is -0.454 e. The maximum absolute atomic E-state index is 11.2. The lowest BCUT2D eigenvalue weighted by atomic mass is 10.1. The Labute approximate surface area is 163 Å². The fourth-order valence-electron chi connectivity index (χ4n) is 3.28. The molecule has 6 heteroatoms. The lowest BCUT2D eigenvalue weighted by Gasteiger charge is -2.07. The summed E-state index contributed by atoms with van der Waals surface area (Å²) < 4.78 is 7.78. The Balaban J connectivity index is 1.48. The van der Waals surface area contributed by atoms with E-state index in [2.05, 4.69) is 15.7 Å². The minimum absolute atomic E-state index is 0.0732. The van der Waals surface area contributed by atoms with Crippen LogP contribution in [0.2, 0.25) is 0 Å². The molecule has 28 heavy (non-hydrogen) atoms. The van der Waals surface area contributed by atoms with Crippen molar-refractivity contribution >= 4 is 22.6 Å². The van der Waals surface area contributed by atoms with Crippen molar-refractivity contribution in [1.82, 2.24) is 15.1 Å². The Morgan fingerprint density at radius 2 is 1.96 bits per heavy atom. The third kappa shape index (κ3) is 3.97. The predicted octanol–water partition coefficient (Wildman–Crippen LogP) is 4.08. The summed E-state index contributed by atoms with van der Waals surface area (Å²) in [4.78, 5) is 11.2. The fourth-order valence-corrected chi connectivity index (χ4v) is 3.28. The fraction of sp³-hybridized carbons (Fsp3) is 0.182. The predicted molar refractivity (Wildman–Crippen MR) is 110 cm³/mol. The monoisotopic (exact) mass is 374 g/mol. The van der Waals surface area contributed by atoms with Crippen LogP contribution in [-0.2, 0) is 24.9 Å². The topological polar surface area (TPSA) is 72.1 Å². The van der Waals surface area contributed by atoms with Gasteiger partial charge in [0.1, 0.15) is 11.3 Å². The summed E-state index contributed by atoms with van der Waals surface area (Å²) in [6.45, 7) is 2.85. The van der Waals surface area contributed by atoms with Gasteiger partial charge in [-0.3, -0.25) is 9.48 Å². The highest BCUT2D eigenvalue weighted by atomic mass is 16.3. The average Bonchev–Trinajstić information content (AvgIpc) is 3.24. The van der Waals surface area contributed by atoms with Gasteiger partial charge >= 0.3 is 0 Å². The molecule has 4 rings (SSSR count). The molecule has 0 radical (unpaired) electrons. The molecular formula is C22H22N4O2. The second-order valence-corrected chi connectivity index (χ2v) is 6.81. The number of furan rings is 1. The van der Waals surface area contributed by atoms with Crippen LogP contribution in [0, 0.1) is 0 Å². The summed E-state index contributed by atoms with van der Waals surface area (Å²) in [5.74, 6) is 0.696. The van der Waals surface area contributed by atoms with Crippen molar-refractivity contribution in [3.8, 4) is 11.5 Å². The van der Waals surface area contributed by atoms with Crippen molar-refractivity contribution in [2.24, 2.45) is 7.05 Å². The number of rotatable bonds is 6. The molecule has 0 bridgehead atoms. The zero-order valence-electron chi connectivity index (χ0n) is 15.9. The normalized spacial score (nSPS) is 11.1. The average molecular weight is 374 g/mol. The molecule has 0 aliphatic carbocycles. The molecule has 2 heterocycles. The number of anilines is 1. The van der Waals surface area contributed by atoms with E-state index in [9.17, 15) is 4.79 Å². The molecule has 0 atom stereocenters. The molecule has 1 amide bonds. The summed E-state index contributed by atoms with van der Waals surface area (Å²) >= 11 is 0. The van der Waals surface area contributed by atoms with Crippen molar-refractivity contribution in [2.45, 2.75) is 20.0 Å². The molecule has 0 aliphatic heterocycles. The van der Waals surface area contributed by atoms with E-state index in [-0.39, 0.29) is 5.91 Å². The first-order valence-corrected chi connectivity index (χ1v) is 9.17. The lowest BCUT2D eigenvalue weighted by Crippen LogP contribution is -2.13. The van der Waals surface area contributed by atoms with Crippen molar-refractivity contribution in [3.05, 3.63) is 71.9 Å². The van der Waals surface area contributed by atoms with Crippen LogP contribution in [0.4, 0.5) is 5.69 Å². The lowest BCUT2D eigenvalue weighted by molar-refractivity contribution is -0.114. The molecule has 142 valence electrons. The van der Waals surface area contributed by atoms with Crippen LogP contribution in [0.1, 0.15) is 18.1 Å². The number of nitrogens with one attached hydrogen (secondary N) is 2. The number of aryl methyl sites for hydroxylation is 1. The highest BCUT2D eigenvalue weighted by Crippen LogP contribution is 2.29. The van der Waals surface area contributed by atoms with E-state index < -0.39 is 0 Å². The molecule has 4 aromatic rings. The van der Waals surface area contributed by atoms with Gasteiger partial charge in [-0.2, -0.15) is 5.10 Å². The van der Waals surface area contributed by atoms with E-state index in [0.717, 1.165) is 39.2 Å². The molecule has 2 N–H and O–H groups in total. The maximum atomic E-state index is 11.2. The van der Waals surface area contributed by atoms with Gasteiger partial charge in [0.25, 0.3) is 0 Å². The Morgan fingerprint density at radius 1 is 1.11 bits per heavy atom. The van der Waals surface area contributed by atoms with Crippen LogP contribution < -0.4 is 10.6 Å². The van der Waals surface area contributed by atoms with E-state index in [0.29, 0.717) is 13.1 Å². The van der Waals surface area contributed by atoms with Crippen molar-refractivity contribution in [2.75, 3.05) is 5.32 Å². The Morgan fingerprint density at radius 3 is 2.79 bits per heavy atom. The van der Waals surface area contributed by atoms with Gasteiger partial charge in [-0.25, -0.2) is 0 Å². The van der Waals surface area contributed by atoms with E-state index >= 15 is 0 Å². The Bertz CT molecular complexity index is 1090. The molecule has 0 unspecified atom stereocenters. The number of aromatic nitrogens is 2. The Kier molecular flexibility index (Phi) is 4.95. The first-order chi connectivity index (χ1) is 13.6. The number of carbonyl (C=O) groups excluding carboxylic acids is 1. The number of hydrogen-bond donors (Lipinski definition) is 2. The van der Waals surface area contributed by atoms with E-state index in [1.54, 1.807) is 4.68 Å². The number of para-hydroxylation sites is 1. The second kappa shape index (κ2) is 7.70. The van der Waals surface area contributed by atoms with Crippen LogP contribution >= 0.6 is 0 Å². The first-order valence-electron chi connectivity index (χ1n) is 9.17. The summed E-state index contributed by atoms with van der Waals surface area (Å²) in [7, 11) is 1.91. The van der Waals surface area contributed by atoms with Gasteiger partial charge in [-0.05, 0) is 29.8 Å². The molecule has 0 saturated carbocycles. The zero-order valence-corrected chi connectivity index (χ0v) is 15.9. The molecule has 2 aromatic carbocycles.